The average molecular weight is 292 g/mol. The van der Waals surface area contributed by atoms with Crippen LogP contribution in [0.15, 0.2) is 23.3 Å². The molecule has 0 saturated carbocycles. The first-order chi connectivity index (χ1) is 9.47. The van der Waals surface area contributed by atoms with Crippen LogP contribution in [0.2, 0.25) is 0 Å². The third-order valence-corrected chi connectivity index (χ3v) is 3.19. The second-order valence-corrected chi connectivity index (χ2v) is 5.16. The molecule has 8 heteroatoms. The van der Waals surface area contributed by atoms with Crippen LogP contribution in [-0.4, -0.2) is 38.5 Å². The molecule has 1 aromatic heterocycles. The number of fused-ring (bicyclic) bond motifs is 1. The van der Waals surface area contributed by atoms with Crippen molar-refractivity contribution in [1.29, 1.82) is 0 Å². The first kappa shape index (κ1) is 14.2. The lowest BCUT2D eigenvalue weighted by atomic mass is 10.3. The molecule has 7 nitrogen and oxygen atoms in total. The van der Waals surface area contributed by atoms with Gasteiger partial charge in [0.1, 0.15) is 12.2 Å². The van der Waals surface area contributed by atoms with Gasteiger partial charge in [-0.25, -0.2) is 9.98 Å². The summed E-state index contributed by atoms with van der Waals surface area (Å²) in [5.41, 5.74) is 0.399. The smallest absolute Gasteiger partial charge is 0.245 e. The molecule has 0 aliphatic carbocycles. The number of carbonyl (C=O) groups excluding carboxylic acids is 3. The molecule has 104 valence electrons. The molecule has 1 aromatic rings. The van der Waals surface area contributed by atoms with Crippen LogP contribution in [0.4, 0.5) is 11.5 Å². The predicted octanol–water partition coefficient (Wildman–Crippen LogP) is 1.15. The number of hydrogen-bond donors (Lipinski definition) is 1. The fraction of sp³-hybridized carbons (Fsp3) is 0.250. The van der Waals surface area contributed by atoms with Crippen LogP contribution in [-0.2, 0) is 14.4 Å². The molecule has 1 N–H and O–H groups in total. The van der Waals surface area contributed by atoms with Crippen LogP contribution in [0.1, 0.15) is 13.8 Å². The lowest BCUT2D eigenvalue weighted by Crippen LogP contribution is -2.41. The van der Waals surface area contributed by atoms with Crippen LogP contribution >= 0.6 is 11.8 Å². The number of rotatable bonds is 0. The van der Waals surface area contributed by atoms with Gasteiger partial charge in [0.05, 0.1) is 0 Å². The maximum Gasteiger partial charge on any atom is 0.245 e. The van der Waals surface area contributed by atoms with Crippen molar-refractivity contribution in [2.75, 3.05) is 11.9 Å². The largest absolute Gasteiger partial charge is 0.307 e. The highest BCUT2D eigenvalue weighted by atomic mass is 32.2. The molecule has 2 heterocycles. The van der Waals surface area contributed by atoms with Crippen molar-refractivity contribution in [3.8, 4) is 0 Å². The fourth-order valence-corrected chi connectivity index (χ4v) is 2.29. The van der Waals surface area contributed by atoms with Gasteiger partial charge in [-0.15, -0.1) is 0 Å². The van der Waals surface area contributed by atoms with E-state index < -0.39 is 5.91 Å². The number of anilines is 1. The molecule has 0 spiro atoms. The third-order valence-electron chi connectivity index (χ3n) is 2.41. The van der Waals surface area contributed by atoms with E-state index in [9.17, 15) is 14.4 Å². The molecular weight excluding hydrogens is 280 g/mol. The fourth-order valence-electron chi connectivity index (χ4n) is 1.58. The zero-order chi connectivity index (χ0) is 14.7. The number of amidine groups is 1. The van der Waals surface area contributed by atoms with E-state index in [0.717, 1.165) is 16.7 Å². The van der Waals surface area contributed by atoms with Crippen LogP contribution in [0.5, 0.6) is 0 Å². The highest BCUT2D eigenvalue weighted by Crippen LogP contribution is 2.26. The molecule has 0 fully saturated rings. The monoisotopic (exact) mass is 292 g/mol. The van der Waals surface area contributed by atoms with Gasteiger partial charge in [-0.3, -0.25) is 19.3 Å². The van der Waals surface area contributed by atoms with Gasteiger partial charge in [-0.1, -0.05) is 0 Å². The highest BCUT2D eigenvalue weighted by Gasteiger charge is 2.25. The summed E-state index contributed by atoms with van der Waals surface area (Å²) in [5, 5.41) is 2.53. The molecule has 0 atom stereocenters. The summed E-state index contributed by atoms with van der Waals surface area (Å²) >= 11 is 0.808. The van der Waals surface area contributed by atoms with Gasteiger partial charge >= 0.3 is 0 Å². The summed E-state index contributed by atoms with van der Waals surface area (Å²) in [7, 11) is 0. The zero-order valence-corrected chi connectivity index (χ0v) is 11.7. The Balaban J connectivity index is 2.53. The molecule has 2 rings (SSSR count). The Morgan fingerprint density at radius 1 is 1.40 bits per heavy atom. The lowest BCUT2D eigenvalue weighted by molar-refractivity contribution is -0.128. The van der Waals surface area contributed by atoms with Gasteiger partial charge in [0.2, 0.25) is 11.8 Å². The van der Waals surface area contributed by atoms with Gasteiger partial charge in [0, 0.05) is 20.0 Å². The Hall–Kier alpha value is -2.22. The van der Waals surface area contributed by atoms with Crippen molar-refractivity contribution in [2.24, 2.45) is 4.99 Å². The quantitative estimate of drug-likeness (QED) is 0.774. The zero-order valence-electron chi connectivity index (χ0n) is 10.9. The van der Waals surface area contributed by atoms with Crippen molar-refractivity contribution < 1.29 is 14.4 Å². The standard InChI is InChI=1S/C12H12N4O3S/c1-7(17)16-6-10(19)15-11-9(4-3-5-13-11)14-12(16)20-8(2)18/h3-5H,6H2,1-2H3,(H,13,15,19). The molecule has 0 saturated heterocycles. The van der Waals surface area contributed by atoms with Gasteiger partial charge in [0.25, 0.3) is 0 Å². The summed E-state index contributed by atoms with van der Waals surface area (Å²) in [5.74, 6) is -0.445. The van der Waals surface area contributed by atoms with Gasteiger partial charge in [-0.05, 0) is 23.9 Å². The molecule has 0 bridgehead atoms. The third kappa shape index (κ3) is 3.21. The minimum absolute atomic E-state index is 0.175. The number of pyridine rings is 1. The molecule has 0 radical (unpaired) electrons. The van der Waals surface area contributed by atoms with E-state index in [1.54, 1.807) is 12.1 Å². The maximum atomic E-state index is 11.9. The number of aromatic nitrogens is 1. The SMILES string of the molecule is CC(=O)SC1=Nc2cccnc2NC(=O)CN1C(C)=O. The summed E-state index contributed by atoms with van der Waals surface area (Å²) < 4.78 is 0. The molecular formula is C12H12N4O3S. The number of carbonyl (C=O) groups is 3. The molecule has 0 unspecified atom stereocenters. The predicted molar refractivity (Wildman–Crippen MR) is 75.6 cm³/mol. The van der Waals surface area contributed by atoms with Gasteiger partial charge in [-0.2, -0.15) is 0 Å². The van der Waals surface area contributed by atoms with E-state index in [2.05, 4.69) is 15.3 Å². The Morgan fingerprint density at radius 2 is 2.15 bits per heavy atom. The Morgan fingerprint density at radius 3 is 2.80 bits per heavy atom. The topological polar surface area (TPSA) is 91.7 Å². The van der Waals surface area contributed by atoms with Crippen LogP contribution in [0.25, 0.3) is 0 Å². The summed E-state index contributed by atoms with van der Waals surface area (Å²) in [6.07, 6.45) is 1.52. The Kier molecular flexibility index (Phi) is 4.14. The summed E-state index contributed by atoms with van der Waals surface area (Å²) in [6, 6.07) is 3.30. The van der Waals surface area contributed by atoms with Crippen molar-refractivity contribution in [3.05, 3.63) is 18.3 Å². The van der Waals surface area contributed by atoms with Gasteiger partial charge < -0.3 is 5.32 Å². The average Bonchev–Trinajstić information content (AvgIpc) is 2.34. The Bertz CT molecular complexity index is 614. The molecule has 1 aliphatic heterocycles. The van der Waals surface area contributed by atoms with Crippen LogP contribution in [0, 0.1) is 0 Å². The van der Waals surface area contributed by atoms with E-state index in [-0.39, 0.29) is 22.7 Å². The first-order valence-corrected chi connectivity index (χ1v) is 6.59. The Labute approximate surface area is 119 Å². The minimum atomic E-state index is -0.392. The normalized spacial score (nSPS) is 14.6. The van der Waals surface area contributed by atoms with E-state index in [1.165, 1.54) is 20.0 Å². The van der Waals surface area contributed by atoms with E-state index in [1.807, 2.05) is 0 Å². The molecule has 20 heavy (non-hydrogen) atoms. The summed E-state index contributed by atoms with van der Waals surface area (Å²) in [4.78, 5) is 44.2. The van der Waals surface area contributed by atoms with Gasteiger partial charge in [0.15, 0.2) is 16.1 Å². The number of amides is 2. The van der Waals surface area contributed by atoms with Crippen LogP contribution in [0.3, 0.4) is 0 Å². The van der Waals surface area contributed by atoms with Crippen LogP contribution < -0.4 is 5.32 Å². The second-order valence-electron chi connectivity index (χ2n) is 4.01. The number of aliphatic imine (C=N–C) groups is 1. The molecule has 2 amide bonds. The van der Waals surface area contributed by atoms with Crippen molar-refractivity contribution in [2.45, 2.75) is 13.8 Å². The number of nitrogens with zero attached hydrogens (tertiary/aromatic N) is 3. The minimum Gasteiger partial charge on any atom is -0.307 e. The van der Waals surface area contributed by atoms with Crippen molar-refractivity contribution in [1.82, 2.24) is 9.88 Å². The highest BCUT2D eigenvalue weighted by molar-refractivity contribution is 8.26. The number of thioether (sulfide) groups is 1. The van der Waals surface area contributed by atoms with E-state index in [4.69, 9.17) is 0 Å². The molecule has 1 aliphatic rings. The van der Waals surface area contributed by atoms with E-state index in [0.29, 0.717) is 11.5 Å². The summed E-state index contributed by atoms with van der Waals surface area (Å²) in [6.45, 7) is 2.48. The molecule has 0 aromatic carbocycles. The lowest BCUT2D eigenvalue weighted by Gasteiger charge is -2.23. The van der Waals surface area contributed by atoms with Crippen molar-refractivity contribution in [3.63, 3.8) is 0 Å². The van der Waals surface area contributed by atoms with E-state index >= 15 is 0 Å². The van der Waals surface area contributed by atoms with Crippen molar-refractivity contribution >= 4 is 45.4 Å². The first-order valence-electron chi connectivity index (χ1n) is 5.77. The maximum absolute atomic E-state index is 11.9. The number of hydrogen-bond acceptors (Lipinski definition) is 6. The second kappa shape index (κ2) is 5.83. The number of nitrogens with one attached hydrogen (secondary N) is 1.